The SMILES string of the molecule is CCC[NH+](CCC)Cc1c([O-])ccc2c1O/C(=C\c1ccccc1OCC)C2=O. The van der Waals surface area contributed by atoms with Crippen molar-refractivity contribution < 1.29 is 24.3 Å². The molecular weight excluding hydrogens is 366 g/mol. The average molecular weight is 395 g/mol. The maximum atomic E-state index is 12.9. The highest BCUT2D eigenvalue weighted by molar-refractivity contribution is 6.15. The van der Waals surface area contributed by atoms with E-state index in [1.807, 2.05) is 31.2 Å². The third kappa shape index (κ3) is 4.62. The Kier molecular flexibility index (Phi) is 6.94. The van der Waals surface area contributed by atoms with Crippen LogP contribution in [0.1, 0.15) is 55.1 Å². The second-order valence-corrected chi connectivity index (χ2v) is 7.26. The van der Waals surface area contributed by atoms with Crippen LogP contribution in [-0.4, -0.2) is 25.5 Å². The van der Waals surface area contributed by atoms with E-state index in [1.54, 1.807) is 12.1 Å². The van der Waals surface area contributed by atoms with Gasteiger partial charge in [0.2, 0.25) is 5.78 Å². The number of rotatable bonds is 9. The maximum absolute atomic E-state index is 12.9. The molecule has 0 radical (unpaired) electrons. The molecule has 0 saturated heterocycles. The molecule has 1 aliphatic rings. The standard InChI is InChI=1S/C24H29NO4/c1-4-13-25(14-5-2)16-19-20(26)12-11-18-23(27)22(29-24(18)19)15-17-9-7-8-10-21(17)28-6-3/h7-12,15,26H,4-6,13-14,16H2,1-3H3/b22-15-. The lowest BCUT2D eigenvalue weighted by Crippen LogP contribution is -3.10. The van der Waals surface area contributed by atoms with Crippen LogP contribution in [0, 0.1) is 0 Å². The second-order valence-electron chi connectivity index (χ2n) is 7.26. The summed E-state index contributed by atoms with van der Waals surface area (Å²) >= 11 is 0. The van der Waals surface area contributed by atoms with Crippen LogP contribution in [0.4, 0.5) is 0 Å². The van der Waals surface area contributed by atoms with Gasteiger partial charge in [0, 0.05) is 11.1 Å². The zero-order valence-corrected chi connectivity index (χ0v) is 17.4. The zero-order chi connectivity index (χ0) is 20.8. The molecule has 154 valence electrons. The number of Topliss-reactive ketones (excluding diaryl/α,β-unsaturated/α-hetero) is 1. The molecule has 0 bridgehead atoms. The molecule has 5 heteroatoms. The summed E-state index contributed by atoms with van der Waals surface area (Å²) < 4.78 is 11.6. The van der Waals surface area contributed by atoms with Crippen LogP contribution in [0.15, 0.2) is 42.2 Å². The number of carbonyl (C=O) groups excluding carboxylic acids is 1. The van der Waals surface area contributed by atoms with Crippen molar-refractivity contribution in [2.75, 3.05) is 19.7 Å². The van der Waals surface area contributed by atoms with E-state index in [-0.39, 0.29) is 17.3 Å². The number of ether oxygens (including phenoxy) is 2. The zero-order valence-electron chi connectivity index (χ0n) is 17.4. The van der Waals surface area contributed by atoms with Crippen LogP contribution in [0.3, 0.4) is 0 Å². The van der Waals surface area contributed by atoms with Crippen LogP contribution in [0.25, 0.3) is 6.08 Å². The number of hydrogen-bond donors (Lipinski definition) is 1. The van der Waals surface area contributed by atoms with Gasteiger partial charge >= 0.3 is 0 Å². The van der Waals surface area contributed by atoms with Crippen molar-refractivity contribution >= 4 is 11.9 Å². The number of fused-ring (bicyclic) bond motifs is 1. The summed E-state index contributed by atoms with van der Waals surface area (Å²) in [5, 5.41) is 12.6. The predicted octanol–water partition coefficient (Wildman–Crippen LogP) is 2.98. The Morgan fingerprint density at radius 3 is 2.48 bits per heavy atom. The summed E-state index contributed by atoms with van der Waals surface area (Å²) in [6.45, 7) is 9.26. The van der Waals surface area contributed by atoms with Gasteiger partial charge in [-0.15, -0.1) is 0 Å². The van der Waals surface area contributed by atoms with E-state index in [0.29, 0.717) is 35.8 Å². The lowest BCUT2D eigenvalue weighted by Gasteiger charge is -2.23. The van der Waals surface area contributed by atoms with Crippen LogP contribution in [0.2, 0.25) is 0 Å². The van der Waals surface area contributed by atoms with Crippen LogP contribution in [-0.2, 0) is 6.54 Å². The Hall–Kier alpha value is -2.79. The largest absolute Gasteiger partial charge is 0.872 e. The number of ketones is 1. The molecule has 0 atom stereocenters. The Balaban J connectivity index is 1.94. The monoisotopic (exact) mass is 395 g/mol. The van der Waals surface area contributed by atoms with Crippen molar-refractivity contribution in [2.24, 2.45) is 0 Å². The van der Waals surface area contributed by atoms with Gasteiger partial charge in [0.25, 0.3) is 0 Å². The molecule has 29 heavy (non-hydrogen) atoms. The van der Waals surface area contributed by atoms with E-state index in [0.717, 1.165) is 31.5 Å². The first kappa shape index (κ1) is 20.9. The molecular formula is C24H29NO4. The summed E-state index contributed by atoms with van der Waals surface area (Å²) in [7, 11) is 0. The summed E-state index contributed by atoms with van der Waals surface area (Å²) in [5.74, 6) is 1.08. The molecule has 5 nitrogen and oxygen atoms in total. The minimum absolute atomic E-state index is 0.0720. The van der Waals surface area contributed by atoms with E-state index in [4.69, 9.17) is 9.47 Å². The van der Waals surface area contributed by atoms with E-state index in [1.165, 1.54) is 11.0 Å². The first-order valence-electron chi connectivity index (χ1n) is 10.4. The Morgan fingerprint density at radius 1 is 1.07 bits per heavy atom. The third-order valence-electron chi connectivity index (χ3n) is 5.04. The van der Waals surface area contributed by atoms with Crippen LogP contribution in [0.5, 0.6) is 17.2 Å². The highest BCUT2D eigenvalue weighted by Gasteiger charge is 2.31. The number of benzene rings is 2. The molecule has 0 fully saturated rings. The Bertz CT molecular complexity index is 898. The van der Waals surface area contributed by atoms with Gasteiger partial charge < -0.3 is 19.5 Å². The Labute approximate surface area is 172 Å². The number of para-hydroxylation sites is 1. The molecule has 1 N–H and O–H groups in total. The fraction of sp³-hybridized carbons (Fsp3) is 0.375. The molecule has 0 unspecified atom stereocenters. The van der Waals surface area contributed by atoms with Crippen LogP contribution < -0.4 is 19.5 Å². The number of quaternary nitrogens is 1. The lowest BCUT2D eigenvalue weighted by atomic mass is 10.0. The van der Waals surface area contributed by atoms with E-state index < -0.39 is 0 Å². The molecule has 2 aromatic rings. The van der Waals surface area contributed by atoms with Gasteiger partial charge in [-0.3, -0.25) is 4.79 Å². The van der Waals surface area contributed by atoms with E-state index in [9.17, 15) is 9.90 Å². The topological polar surface area (TPSA) is 63.0 Å². The van der Waals surface area contributed by atoms with Gasteiger partial charge in [0.15, 0.2) is 5.76 Å². The van der Waals surface area contributed by atoms with Gasteiger partial charge in [-0.05, 0) is 38.0 Å². The minimum atomic E-state index is -0.194. The highest BCUT2D eigenvalue weighted by atomic mass is 16.5. The fourth-order valence-corrected chi connectivity index (χ4v) is 3.74. The highest BCUT2D eigenvalue weighted by Crippen LogP contribution is 2.38. The lowest BCUT2D eigenvalue weighted by molar-refractivity contribution is -0.914. The molecule has 0 spiro atoms. The first-order chi connectivity index (χ1) is 14.1. The normalized spacial score (nSPS) is 14.3. The quantitative estimate of drug-likeness (QED) is 0.663. The molecule has 0 aliphatic carbocycles. The third-order valence-corrected chi connectivity index (χ3v) is 5.04. The summed E-state index contributed by atoms with van der Waals surface area (Å²) in [5.41, 5.74) is 1.83. The maximum Gasteiger partial charge on any atom is 0.231 e. The van der Waals surface area contributed by atoms with Crippen molar-refractivity contribution in [1.82, 2.24) is 0 Å². The van der Waals surface area contributed by atoms with Gasteiger partial charge in [-0.1, -0.05) is 43.9 Å². The molecule has 0 amide bonds. The average Bonchev–Trinajstić information content (AvgIpc) is 3.02. The summed E-state index contributed by atoms with van der Waals surface area (Å²) in [6, 6.07) is 10.6. The minimum Gasteiger partial charge on any atom is -0.872 e. The van der Waals surface area contributed by atoms with Gasteiger partial charge in [-0.2, -0.15) is 0 Å². The number of nitrogens with one attached hydrogen (secondary N) is 1. The van der Waals surface area contributed by atoms with E-state index in [2.05, 4.69) is 13.8 Å². The summed E-state index contributed by atoms with van der Waals surface area (Å²) in [4.78, 5) is 14.3. The van der Waals surface area contributed by atoms with Gasteiger partial charge in [-0.25, -0.2) is 0 Å². The Morgan fingerprint density at radius 2 is 1.79 bits per heavy atom. The molecule has 1 aliphatic heterocycles. The number of carbonyl (C=O) groups is 1. The molecule has 2 aromatic carbocycles. The smallest absolute Gasteiger partial charge is 0.231 e. The molecule has 1 heterocycles. The van der Waals surface area contributed by atoms with Crippen molar-refractivity contribution in [3.63, 3.8) is 0 Å². The predicted molar refractivity (Wildman–Crippen MR) is 111 cm³/mol. The fourth-order valence-electron chi connectivity index (χ4n) is 3.74. The van der Waals surface area contributed by atoms with Crippen molar-refractivity contribution in [2.45, 2.75) is 40.2 Å². The van der Waals surface area contributed by atoms with Crippen molar-refractivity contribution in [3.05, 3.63) is 58.8 Å². The summed E-state index contributed by atoms with van der Waals surface area (Å²) in [6.07, 6.45) is 3.78. The van der Waals surface area contributed by atoms with Crippen molar-refractivity contribution in [1.29, 1.82) is 0 Å². The molecule has 0 saturated carbocycles. The van der Waals surface area contributed by atoms with Gasteiger partial charge in [0.1, 0.15) is 18.0 Å². The second kappa shape index (κ2) is 9.61. The van der Waals surface area contributed by atoms with Gasteiger partial charge in [0.05, 0.1) is 25.3 Å². The number of hydrogen-bond acceptors (Lipinski definition) is 4. The molecule has 0 aromatic heterocycles. The van der Waals surface area contributed by atoms with Crippen LogP contribution >= 0.6 is 0 Å². The molecule has 3 rings (SSSR count). The van der Waals surface area contributed by atoms with Crippen molar-refractivity contribution in [3.8, 4) is 17.2 Å². The van der Waals surface area contributed by atoms with E-state index >= 15 is 0 Å². The number of allylic oxidation sites excluding steroid dienone is 1. The first-order valence-corrected chi connectivity index (χ1v) is 10.4.